The molecule has 1 heterocycles. The van der Waals surface area contributed by atoms with Crippen molar-refractivity contribution in [3.63, 3.8) is 0 Å². The highest BCUT2D eigenvalue weighted by Gasteiger charge is 2.33. The van der Waals surface area contributed by atoms with E-state index in [4.69, 9.17) is 17.5 Å². The Kier molecular flexibility index (Phi) is 2.86. The molecule has 0 aliphatic carbocycles. The lowest BCUT2D eigenvalue weighted by atomic mass is 10.2. The van der Waals surface area contributed by atoms with Gasteiger partial charge in [-0.3, -0.25) is 0 Å². The molecule has 1 aliphatic heterocycles. The van der Waals surface area contributed by atoms with Gasteiger partial charge in [-0.15, -0.1) is 4.59 Å². The Balaban J connectivity index is 3.08. The van der Waals surface area contributed by atoms with Gasteiger partial charge in [0, 0.05) is 0 Å². The maximum atomic E-state index is 8.76. The van der Waals surface area contributed by atoms with Crippen LogP contribution >= 0.6 is 24.0 Å². The monoisotopic (exact) mass is 212 g/mol. The fourth-order valence-corrected chi connectivity index (χ4v) is 1.68. The Morgan fingerprint density at radius 3 is 2.77 bits per heavy atom. The number of nitrogens with zero attached hydrogens (tertiary/aromatic N) is 3. The number of rotatable bonds is 0. The highest BCUT2D eigenvalue weighted by molar-refractivity contribution is 8.22. The van der Waals surface area contributed by atoms with E-state index in [0.29, 0.717) is 5.57 Å². The molecule has 0 N–H and O–H groups in total. The molecule has 1 aliphatic rings. The molecule has 5 heteroatoms. The van der Waals surface area contributed by atoms with Crippen molar-refractivity contribution in [1.82, 2.24) is 0 Å². The minimum absolute atomic E-state index is 0.214. The van der Waals surface area contributed by atoms with Crippen molar-refractivity contribution in [2.75, 3.05) is 13.3 Å². The summed E-state index contributed by atoms with van der Waals surface area (Å²) in [5, 5.41) is 13.1. The smallest absolute Gasteiger partial charge is 0.192 e. The van der Waals surface area contributed by atoms with Crippen LogP contribution in [0.15, 0.2) is 16.9 Å². The quantitative estimate of drug-likeness (QED) is 0.454. The van der Waals surface area contributed by atoms with Gasteiger partial charge in [0.25, 0.3) is 4.32 Å². The van der Waals surface area contributed by atoms with Crippen molar-refractivity contribution in [3.05, 3.63) is 11.8 Å². The van der Waals surface area contributed by atoms with Crippen LogP contribution in [0.2, 0.25) is 0 Å². The summed E-state index contributed by atoms with van der Waals surface area (Å²) >= 11 is 6.63. The summed E-state index contributed by atoms with van der Waals surface area (Å²) in [5.74, 6) is 0. The fourth-order valence-electron chi connectivity index (χ4n) is 1.13. The van der Waals surface area contributed by atoms with Gasteiger partial charge in [0.2, 0.25) is 0 Å². The van der Waals surface area contributed by atoms with Gasteiger partial charge in [-0.1, -0.05) is 16.9 Å². The van der Waals surface area contributed by atoms with Crippen LogP contribution in [-0.4, -0.2) is 27.9 Å². The second kappa shape index (κ2) is 3.58. The van der Waals surface area contributed by atoms with Crippen LogP contribution in [0.1, 0.15) is 6.92 Å². The van der Waals surface area contributed by atoms with Gasteiger partial charge in [0.1, 0.15) is 30.6 Å². The first-order valence-corrected chi connectivity index (χ1v) is 5.31. The Hall–Kier alpha value is -0.700. The summed E-state index contributed by atoms with van der Waals surface area (Å²) in [4.78, 5) is 0. The minimum atomic E-state index is 0.214. The molecular weight excluding hydrogens is 202 g/mol. The van der Waals surface area contributed by atoms with E-state index in [0.717, 1.165) is 10.0 Å². The van der Waals surface area contributed by atoms with Crippen molar-refractivity contribution < 1.29 is 4.59 Å². The van der Waals surface area contributed by atoms with Gasteiger partial charge in [-0.05, 0) is 25.4 Å². The van der Waals surface area contributed by atoms with E-state index < -0.39 is 0 Å². The third-order valence-electron chi connectivity index (χ3n) is 1.79. The van der Waals surface area contributed by atoms with E-state index in [9.17, 15) is 0 Å². The molecule has 0 aromatic heterocycles. The molecule has 1 unspecified atom stereocenters. The Morgan fingerprint density at radius 1 is 1.77 bits per heavy atom. The largest absolute Gasteiger partial charge is 0.264 e. The third kappa shape index (κ3) is 1.80. The number of thiocarbonyl (C=S) groups is 1. The van der Waals surface area contributed by atoms with Crippen LogP contribution in [0.4, 0.5) is 0 Å². The zero-order chi connectivity index (χ0) is 10.1. The molecule has 1 rings (SSSR count). The van der Waals surface area contributed by atoms with Gasteiger partial charge < -0.3 is 0 Å². The summed E-state index contributed by atoms with van der Waals surface area (Å²) in [6, 6.07) is 2.09. The fraction of sp³-hybridized carbons (Fsp3) is 0.375. The predicted octanol–water partition coefficient (Wildman–Crippen LogP) is 1.88. The normalized spacial score (nSPS) is 26.3. The first kappa shape index (κ1) is 10.4. The van der Waals surface area contributed by atoms with E-state index in [-0.39, 0.29) is 4.59 Å². The molecule has 0 aromatic rings. The predicted molar refractivity (Wildman–Crippen MR) is 59.1 cm³/mol. The number of allylic oxidation sites excluding steroid dienone is 1. The van der Waals surface area contributed by atoms with Crippen molar-refractivity contribution in [2.45, 2.75) is 6.92 Å². The topological polar surface area (TPSA) is 36.1 Å². The SMILES string of the molecule is CSC(=S)[N+]1(C)C=C(C#N)C(C)=N1. The van der Waals surface area contributed by atoms with Crippen molar-refractivity contribution in [3.8, 4) is 6.07 Å². The standard InChI is InChI=1S/C8H10N3S2/c1-6-7(4-9)5-11(2,10-6)8(12)13-3/h5H,1-3H3/q+1. The average molecular weight is 212 g/mol. The van der Waals surface area contributed by atoms with Crippen LogP contribution in [0.3, 0.4) is 0 Å². The molecule has 1 atom stereocenters. The number of thioether (sulfide) groups is 1. The van der Waals surface area contributed by atoms with E-state index in [1.54, 1.807) is 6.20 Å². The lowest BCUT2D eigenvalue weighted by molar-refractivity contribution is -0.763. The van der Waals surface area contributed by atoms with E-state index >= 15 is 0 Å². The average Bonchev–Trinajstić information content (AvgIpc) is 2.41. The molecule has 0 fully saturated rings. The van der Waals surface area contributed by atoms with Crippen LogP contribution in [0.5, 0.6) is 0 Å². The molecule has 0 bridgehead atoms. The summed E-state index contributed by atoms with van der Waals surface area (Å²) in [6.45, 7) is 1.82. The van der Waals surface area contributed by atoms with E-state index in [1.165, 1.54) is 11.8 Å². The lowest BCUT2D eigenvalue weighted by Crippen LogP contribution is -2.34. The van der Waals surface area contributed by atoms with E-state index in [2.05, 4.69) is 11.2 Å². The lowest BCUT2D eigenvalue weighted by Gasteiger charge is -2.17. The molecule has 0 aromatic carbocycles. The highest BCUT2D eigenvalue weighted by Crippen LogP contribution is 2.23. The zero-order valence-electron chi connectivity index (χ0n) is 7.74. The molecule has 68 valence electrons. The first-order valence-electron chi connectivity index (χ1n) is 3.68. The van der Waals surface area contributed by atoms with Crippen molar-refractivity contribution in [2.24, 2.45) is 5.10 Å². The van der Waals surface area contributed by atoms with Gasteiger partial charge in [-0.25, -0.2) is 0 Å². The minimum Gasteiger partial charge on any atom is -0.192 e. The van der Waals surface area contributed by atoms with Crippen molar-refractivity contribution in [1.29, 1.82) is 5.26 Å². The maximum absolute atomic E-state index is 8.76. The van der Waals surface area contributed by atoms with Gasteiger partial charge in [0.15, 0.2) is 0 Å². The molecule has 0 saturated heterocycles. The summed E-state index contributed by atoms with van der Waals surface area (Å²) < 4.78 is 0.954. The molecule has 3 nitrogen and oxygen atoms in total. The summed E-state index contributed by atoms with van der Waals surface area (Å²) in [5.41, 5.74) is 1.36. The second-order valence-corrected chi connectivity index (χ2v) is 4.28. The summed E-state index contributed by atoms with van der Waals surface area (Å²) in [6.07, 6.45) is 3.68. The highest BCUT2D eigenvalue weighted by atomic mass is 32.2. The molecular formula is C8H10N3S2+. The van der Waals surface area contributed by atoms with Gasteiger partial charge >= 0.3 is 0 Å². The van der Waals surface area contributed by atoms with Gasteiger partial charge in [0.05, 0.1) is 0 Å². The third-order valence-corrected chi connectivity index (χ3v) is 3.38. The Morgan fingerprint density at radius 2 is 2.38 bits per heavy atom. The number of hydrogen-bond donors (Lipinski definition) is 0. The zero-order valence-corrected chi connectivity index (χ0v) is 9.37. The molecule has 13 heavy (non-hydrogen) atoms. The van der Waals surface area contributed by atoms with Crippen molar-refractivity contribution >= 4 is 34.0 Å². The van der Waals surface area contributed by atoms with Gasteiger partial charge in [-0.2, -0.15) is 5.26 Å². The first-order chi connectivity index (χ1) is 6.03. The van der Waals surface area contributed by atoms with Crippen LogP contribution in [0, 0.1) is 11.3 Å². The Labute approximate surface area is 87.3 Å². The number of nitriles is 1. The summed E-state index contributed by atoms with van der Waals surface area (Å²) in [7, 11) is 1.87. The second-order valence-electron chi connectivity index (χ2n) is 2.84. The molecule has 0 spiro atoms. The maximum Gasteiger partial charge on any atom is 0.264 e. The van der Waals surface area contributed by atoms with E-state index in [1.807, 2.05) is 20.2 Å². The van der Waals surface area contributed by atoms with Crippen LogP contribution in [-0.2, 0) is 0 Å². The van der Waals surface area contributed by atoms with Crippen LogP contribution < -0.4 is 0 Å². The number of hydrogen-bond acceptors (Lipinski definition) is 4. The molecule has 0 amide bonds. The van der Waals surface area contributed by atoms with Crippen LogP contribution in [0.25, 0.3) is 0 Å². The molecule has 0 saturated carbocycles. The Bertz CT molecular complexity index is 351. The number of quaternary nitrogens is 1. The molecule has 0 radical (unpaired) electrons.